The Morgan fingerprint density at radius 1 is 1.44 bits per heavy atom. The predicted octanol–water partition coefficient (Wildman–Crippen LogP) is 0.508. The molecule has 0 aromatic heterocycles. The number of halogens is 1. The van der Waals surface area contributed by atoms with E-state index in [4.69, 9.17) is 0 Å². The SMILES string of the molecule is O=C(CN1CC[C@H](O)C1)NCc1ccc(F)cc1. The van der Waals surface area contributed by atoms with Crippen molar-refractivity contribution in [3.63, 3.8) is 0 Å². The fraction of sp³-hybridized carbons (Fsp3) is 0.462. The summed E-state index contributed by atoms with van der Waals surface area (Å²) in [5, 5.41) is 12.1. The first-order valence-corrected chi connectivity index (χ1v) is 6.05. The molecular weight excluding hydrogens is 235 g/mol. The van der Waals surface area contributed by atoms with Crippen LogP contribution in [0.2, 0.25) is 0 Å². The molecule has 2 rings (SSSR count). The second kappa shape index (κ2) is 5.93. The summed E-state index contributed by atoms with van der Waals surface area (Å²) in [5.41, 5.74) is 0.867. The average molecular weight is 252 g/mol. The molecule has 0 bridgehead atoms. The number of β-amino-alcohol motifs (C(OH)–C–C–N with tert-alkyl or cyclic N) is 1. The number of amides is 1. The minimum atomic E-state index is -0.310. The van der Waals surface area contributed by atoms with Crippen LogP contribution in [0, 0.1) is 5.82 Å². The third-order valence-corrected chi connectivity index (χ3v) is 3.02. The number of nitrogens with one attached hydrogen (secondary N) is 1. The lowest BCUT2D eigenvalue weighted by Crippen LogP contribution is -2.36. The number of carbonyl (C=O) groups is 1. The average Bonchev–Trinajstić information content (AvgIpc) is 2.74. The minimum Gasteiger partial charge on any atom is -0.392 e. The van der Waals surface area contributed by atoms with E-state index < -0.39 is 0 Å². The highest BCUT2D eigenvalue weighted by molar-refractivity contribution is 5.78. The van der Waals surface area contributed by atoms with Crippen molar-refractivity contribution in [3.8, 4) is 0 Å². The Morgan fingerprint density at radius 3 is 2.78 bits per heavy atom. The topological polar surface area (TPSA) is 52.6 Å². The molecule has 1 aromatic rings. The molecule has 1 atom stereocenters. The Labute approximate surface area is 105 Å². The third kappa shape index (κ3) is 3.78. The van der Waals surface area contributed by atoms with Crippen molar-refractivity contribution in [1.82, 2.24) is 10.2 Å². The fourth-order valence-corrected chi connectivity index (χ4v) is 2.02. The van der Waals surface area contributed by atoms with Crippen LogP contribution in [0.5, 0.6) is 0 Å². The maximum atomic E-state index is 12.7. The number of carbonyl (C=O) groups excluding carboxylic acids is 1. The van der Waals surface area contributed by atoms with Crippen molar-refractivity contribution < 1.29 is 14.3 Å². The summed E-state index contributed by atoms with van der Waals surface area (Å²) < 4.78 is 12.7. The quantitative estimate of drug-likeness (QED) is 0.821. The van der Waals surface area contributed by atoms with Crippen LogP contribution in [0.3, 0.4) is 0 Å². The zero-order valence-electron chi connectivity index (χ0n) is 10.1. The molecule has 1 aliphatic heterocycles. The van der Waals surface area contributed by atoms with Gasteiger partial charge in [-0.2, -0.15) is 0 Å². The maximum absolute atomic E-state index is 12.7. The molecule has 1 saturated heterocycles. The Hall–Kier alpha value is -1.46. The molecule has 0 radical (unpaired) electrons. The maximum Gasteiger partial charge on any atom is 0.234 e. The fourth-order valence-electron chi connectivity index (χ4n) is 2.02. The van der Waals surface area contributed by atoms with E-state index in [9.17, 15) is 14.3 Å². The van der Waals surface area contributed by atoms with Gasteiger partial charge in [0.2, 0.25) is 5.91 Å². The van der Waals surface area contributed by atoms with Crippen LogP contribution in [0.25, 0.3) is 0 Å². The van der Waals surface area contributed by atoms with Crippen LogP contribution in [0.15, 0.2) is 24.3 Å². The highest BCUT2D eigenvalue weighted by Gasteiger charge is 2.21. The Morgan fingerprint density at radius 2 is 2.17 bits per heavy atom. The molecule has 2 N–H and O–H groups in total. The standard InChI is InChI=1S/C13H17FN2O2/c14-11-3-1-10(2-4-11)7-15-13(18)9-16-6-5-12(17)8-16/h1-4,12,17H,5-9H2,(H,15,18)/t12-/m0/s1. The number of hydrogen-bond acceptors (Lipinski definition) is 3. The second-order valence-corrected chi connectivity index (χ2v) is 4.58. The highest BCUT2D eigenvalue weighted by Crippen LogP contribution is 2.07. The number of likely N-dealkylation sites (tertiary alicyclic amines) is 1. The van der Waals surface area contributed by atoms with Crippen molar-refractivity contribution in [2.24, 2.45) is 0 Å². The van der Waals surface area contributed by atoms with Crippen molar-refractivity contribution in [2.45, 2.75) is 19.1 Å². The van der Waals surface area contributed by atoms with Gasteiger partial charge in [-0.3, -0.25) is 9.69 Å². The molecule has 0 saturated carbocycles. The van der Waals surface area contributed by atoms with E-state index >= 15 is 0 Å². The summed E-state index contributed by atoms with van der Waals surface area (Å²) in [7, 11) is 0. The first kappa shape index (κ1) is 13.0. The lowest BCUT2D eigenvalue weighted by Gasteiger charge is -2.14. The number of aliphatic hydroxyl groups is 1. The molecule has 0 aliphatic carbocycles. The van der Waals surface area contributed by atoms with Crippen LogP contribution in [-0.2, 0) is 11.3 Å². The van der Waals surface area contributed by atoms with Gasteiger partial charge in [0.15, 0.2) is 0 Å². The largest absolute Gasteiger partial charge is 0.392 e. The van der Waals surface area contributed by atoms with Crippen LogP contribution in [-0.4, -0.2) is 41.7 Å². The van der Waals surface area contributed by atoms with Gasteiger partial charge in [-0.1, -0.05) is 12.1 Å². The molecule has 1 fully saturated rings. The third-order valence-electron chi connectivity index (χ3n) is 3.02. The number of nitrogens with zero attached hydrogens (tertiary/aromatic N) is 1. The molecule has 1 aliphatic rings. The number of rotatable bonds is 4. The van der Waals surface area contributed by atoms with E-state index in [2.05, 4.69) is 5.32 Å². The molecule has 0 spiro atoms. The van der Waals surface area contributed by atoms with E-state index in [1.807, 2.05) is 4.90 Å². The Balaban J connectivity index is 1.73. The molecule has 18 heavy (non-hydrogen) atoms. The number of hydrogen-bond donors (Lipinski definition) is 2. The molecule has 5 heteroatoms. The van der Waals surface area contributed by atoms with Crippen LogP contribution < -0.4 is 5.32 Å². The van der Waals surface area contributed by atoms with Crippen molar-refractivity contribution in [3.05, 3.63) is 35.6 Å². The molecule has 1 heterocycles. The van der Waals surface area contributed by atoms with Gasteiger partial charge in [-0.05, 0) is 24.1 Å². The lowest BCUT2D eigenvalue weighted by atomic mass is 10.2. The normalized spacial score (nSPS) is 20.0. The smallest absolute Gasteiger partial charge is 0.234 e. The van der Waals surface area contributed by atoms with E-state index in [0.717, 1.165) is 18.5 Å². The minimum absolute atomic E-state index is 0.0755. The van der Waals surface area contributed by atoms with Gasteiger partial charge in [0.05, 0.1) is 12.6 Å². The van der Waals surface area contributed by atoms with Gasteiger partial charge < -0.3 is 10.4 Å². The monoisotopic (exact) mass is 252 g/mol. The summed E-state index contributed by atoms with van der Waals surface area (Å²) in [6.45, 7) is 2.02. The Bertz CT molecular complexity index is 408. The second-order valence-electron chi connectivity index (χ2n) is 4.58. The molecule has 0 unspecified atom stereocenters. The van der Waals surface area contributed by atoms with Crippen LogP contribution >= 0.6 is 0 Å². The molecule has 1 aromatic carbocycles. The van der Waals surface area contributed by atoms with Crippen LogP contribution in [0.4, 0.5) is 4.39 Å². The predicted molar refractivity (Wildman–Crippen MR) is 65.3 cm³/mol. The summed E-state index contributed by atoms with van der Waals surface area (Å²) in [6.07, 6.45) is 0.417. The molecule has 98 valence electrons. The summed E-state index contributed by atoms with van der Waals surface area (Å²) >= 11 is 0. The van der Waals surface area contributed by atoms with Gasteiger partial charge in [0.1, 0.15) is 5.82 Å². The highest BCUT2D eigenvalue weighted by atomic mass is 19.1. The summed E-state index contributed by atoms with van der Waals surface area (Å²) in [5.74, 6) is -0.357. The zero-order chi connectivity index (χ0) is 13.0. The molecular formula is C13H17FN2O2. The van der Waals surface area contributed by atoms with Gasteiger partial charge in [0, 0.05) is 19.6 Å². The van der Waals surface area contributed by atoms with Gasteiger partial charge in [-0.15, -0.1) is 0 Å². The van der Waals surface area contributed by atoms with Crippen LogP contribution in [0.1, 0.15) is 12.0 Å². The van der Waals surface area contributed by atoms with E-state index in [-0.39, 0.29) is 17.8 Å². The summed E-state index contributed by atoms with van der Waals surface area (Å²) in [4.78, 5) is 13.6. The lowest BCUT2D eigenvalue weighted by molar-refractivity contribution is -0.122. The zero-order valence-corrected chi connectivity index (χ0v) is 10.1. The molecule has 4 nitrogen and oxygen atoms in total. The first-order chi connectivity index (χ1) is 8.63. The van der Waals surface area contributed by atoms with Gasteiger partial charge in [-0.25, -0.2) is 4.39 Å². The number of aliphatic hydroxyl groups excluding tert-OH is 1. The van der Waals surface area contributed by atoms with Gasteiger partial charge >= 0.3 is 0 Å². The summed E-state index contributed by atoms with van der Waals surface area (Å²) in [6, 6.07) is 6.04. The Kier molecular flexibility index (Phi) is 4.28. The number of benzene rings is 1. The van der Waals surface area contributed by atoms with Gasteiger partial charge in [0.25, 0.3) is 0 Å². The van der Waals surface area contributed by atoms with Crippen molar-refractivity contribution in [1.29, 1.82) is 0 Å². The van der Waals surface area contributed by atoms with Crippen molar-refractivity contribution in [2.75, 3.05) is 19.6 Å². The van der Waals surface area contributed by atoms with E-state index in [1.54, 1.807) is 12.1 Å². The molecule has 1 amide bonds. The van der Waals surface area contributed by atoms with E-state index in [0.29, 0.717) is 19.6 Å². The van der Waals surface area contributed by atoms with Crippen molar-refractivity contribution >= 4 is 5.91 Å². The first-order valence-electron chi connectivity index (χ1n) is 6.05. The van der Waals surface area contributed by atoms with E-state index in [1.165, 1.54) is 12.1 Å².